The summed E-state index contributed by atoms with van der Waals surface area (Å²) in [7, 11) is 0. The van der Waals surface area contributed by atoms with E-state index < -0.39 is 11.0 Å². The normalized spacial score (nSPS) is 12.0. The Morgan fingerprint density at radius 1 is 1.43 bits per heavy atom. The number of nitro groups is 1. The lowest BCUT2D eigenvalue weighted by Gasteiger charge is -2.15. The van der Waals surface area contributed by atoms with Crippen molar-refractivity contribution in [1.29, 1.82) is 0 Å². The lowest BCUT2D eigenvalue weighted by Crippen LogP contribution is -2.38. The van der Waals surface area contributed by atoms with E-state index in [2.05, 4.69) is 5.32 Å². The minimum atomic E-state index is -0.845. The summed E-state index contributed by atoms with van der Waals surface area (Å²) in [6.45, 7) is 5.66. The molecule has 0 bridgehead atoms. The first-order valence-electron chi connectivity index (χ1n) is 6.67. The van der Waals surface area contributed by atoms with Gasteiger partial charge in [-0.1, -0.05) is 19.9 Å². The molecule has 1 atom stereocenters. The Balaban J connectivity index is 2.82. The van der Waals surface area contributed by atoms with Crippen molar-refractivity contribution >= 4 is 11.6 Å². The summed E-state index contributed by atoms with van der Waals surface area (Å²) in [6, 6.07) is 4.13. The van der Waals surface area contributed by atoms with Gasteiger partial charge in [-0.15, -0.1) is 0 Å². The molecule has 0 heterocycles. The first-order valence-corrected chi connectivity index (χ1v) is 6.67. The third-order valence-corrected chi connectivity index (χ3v) is 2.76. The molecule has 7 heteroatoms. The molecule has 7 nitrogen and oxygen atoms in total. The standard InChI is InChI=1S/C14H20N2O5/c1-9(2)7-15-14(18)10(3)21-13-5-4-11(8-17)6-12(13)16(19)20/h4-6,9-10,17H,7-8H2,1-3H3,(H,15,18). The highest BCUT2D eigenvalue weighted by Crippen LogP contribution is 2.28. The van der Waals surface area contributed by atoms with Crippen LogP contribution in [0, 0.1) is 16.0 Å². The van der Waals surface area contributed by atoms with Gasteiger partial charge in [0.1, 0.15) is 0 Å². The van der Waals surface area contributed by atoms with Crippen LogP contribution in [0.1, 0.15) is 26.3 Å². The summed E-state index contributed by atoms with van der Waals surface area (Å²) in [4.78, 5) is 22.2. The maximum absolute atomic E-state index is 11.8. The Bertz CT molecular complexity index is 516. The number of aliphatic hydroxyl groups excluding tert-OH is 1. The Hall–Kier alpha value is -2.15. The molecule has 0 spiro atoms. The van der Waals surface area contributed by atoms with E-state index in [4.69, 9.17) is 9.84 Å². The highest BCUT2D eigenvalue weighted by Gasteiger charge is 2.21. The average Bonchev–Trinajstić information content (AvgIpc) is 2.44. The van der Waals surface area contributed by atoms with Gasteiger partial charge in [0.15, 0.2) is 11.9 Å². The van der Waals surface area contributed by atoms with E-state index in [1.54, 1.807) is 0 Å². The average molecular weight is 296 g/mol. The minimum absolute atomic E-state index is 0.00407. The predicted octanol–water partition coefficient (Wildman–Crippen LogP) is 1.63. The molecule has 0 aliphatic heterocycles. The van der Waals surface area contributed by atoms with Crippen molar-refractivity contribution in [3.05, 3.63) is 33.9 Å². The number of nitrogens with zero attached hydrogens (tertiary/aromatic N) is 1. The second-order valence-electron chi connectivity index (χ2n) is 5.12. The molecule has 1 amide bonds. The van der Waals surface area contributed by atoms with Crippen LogP contribution in [-0.4, -0.2) is 28.6 Å². The molecule has 1 aromatic carbocycles. The van der Waals surface area contributed by atoms with Crippen LogP contribution in [-0.2, 0) is 11.4 Å². The summed E-state index contributed by atoms with van der Waals surface area (Å²) >= 11 is 0. The molecule has 0 aromatic heterocycles. The van der Waals surface area contributed by atoms with Gasteiger partial charge in [-0.25, -0.2) is 0 Å². The van der Waals surface area contributed by atoms with Crippen LogP contribution in [0.4, 0.5) is 5.69 Å². The van der Waals surface area contributed by atoms with Crippen molar-refractivity contribution in [2.24, 2.45) is 5.92 Å². The number of nitro benzene ring substituents is 1. The molecular weight excluding hydrogens is 276 g/mol. The SMILES string of the molecule is CC(C)CNC(=O)C(C)Oc1ccc(CO)cc1[N+](=O)[O-]. The van der Waals surface area contributed by atoms with Gasteiger partial charge in [-0.05, 0) is 24.5 Å². The van der Waals surface area contributed by atoms with E-state index in [9.17, 15) is 14.9 Å². The van der Waals surface area contributed by atoms with Gasteiger partial charge in [0.25, 0.3) is 5.91 Å². The Kier molecular flexibility index (Phi) is 6.10. The monoisotopic (exact) mass is 296 g/mol. The number of rotatable bonds is 7. The van der Waals surface area contributed by atoms with Gasteiger partial charge in [-0.2, -0.15) is 0 Å². The number of carbonyl (C=O) groups is 1. The number of hydrogen-bond donors (Lipinski definition) is 2. The quantitative estimate of drug-likeness (QED) is 0.588. The van der Waals surface area contributed by atoms with Crippen LogP contribution in [0.5, 0.6) is 5.75 Å². The van der Waals surface area contributed by atoms with Gasteiger partial charge in [0.05, 0.1) is 11.5 Å². The lowest BCUT2D eigenvalue weighted by atomic mass is 10.2. The summed E-state index contributed by atoms with van der Waals surface area (Å²) in [6.07, 6.45) is -0.845. The van der Waals surface area contributed by atoms with E-state index >= 15 is 0 Å². The third kappa shape index (κ3) is 5.03. The molecule has 0 aliphatic rings. The van der Waals surface area contributed by atoms with Gasteiger partial charge in [0.2, 0.25) is 0 Å². The van der Waals surface area contributed by atoms with Crippen LogP contribution < -0.4 is 10.1 Å². The van der Waals surface area contributed by atoms with Crippen LogP contribution in [0.2, 0.25) is 0 Å². The second-order valence-corrected chi connectivity index (χ2v) is 5.12. The maximum atomic E-state index is 11.8. The van der Waals surface area contributed by atoms with E-state index in [1.807, 2.05) is 13.8 Å². The van der Waals surface area contributed by atoms with E-state index in [-0.39, 0.29) is 24.0 Å². The van der Waals surface area contributed by atoms with Gasteiger partial charge < -0.3 is 15.2 Å². The van der Waals surface area contributed by atoms with Crippen molar-refractivity contribution in [2.45, 2.75) is 33.5 Å². The summed E-state index contributed by atoms with van der Waals surface area (Å²) in [5, 5.41) is 22.7. The van der Waals surface area contributed by atoms with Gasteiger partial charge in [0, 0.05) is 12.6 Å². The number of amides is 1. The number of carbonyl (C=O) groups excluding carboxylic acids is 1. The van der Waals surface area contributed by atoms with E-state index in [1.165, 1.54) is 25.1 Å². The zero-order valence-corrected chi connectivity index (χ0v) is 12.3. The van der Waals surface area contributed by atoms with Crippen molar-refractivity contribution in [1.82, 2.24) is 5.32 Å². The van der Waals surface area contributed by atoms with Gasteiger partial charge in [-0.3, -0.25) is 14.9 Å². The Morgan fingerprint density at radius 3 is 2.62 bits per heavy atom. The predicted molar refractivity (Wildman–Crippen MR) is 77.0 cm³/mol. The number of aliphatic hydroxyl groups is 1. The Morgan fingerprint density at radius 2 is 2.10 bits per heavy atom. The molecule has 2 N–H and O–H groups in total. The third-order valence-electron chi connectivity index (χ3n) is 2.76. The molecule has 21 heavy (non-hydrogen) atoms. The molecule has 1 rings (SSSR count). The molecular formula is C14H20N2O5. The summed E-state index contributed by atoms with van der Waals surface area (Å²) in [5.74, 6) is -0.0204. The molecule has 0 radical (unpaired) electrons. The zero-order chi connectivity index (χ0) is 16.0. The fourth-order valence-corrected chi connectivity index (χ4v) is 1.60. The largest absolute Gasteiger partial charge is 0.474 e. The van der Waals surface area contributed by atoms with Crippen LogP contribution in [0.3, 0.4) is 0 Å². The van der Waals surface area contributed by atoms with Crippen LogP contribution in [0.15, 0.2) is 18.2 Å². The highest BCUT2D eigenvalue weighted by molar-refractivity contribution is 5.80. The van der Waals surface area contributed by atoms with Crippen molar-refractivity contribution < 1.29 is 19.6 Å². The topological polar surface area (TPSA) is 102 Å². The molecule has 0 saturated heterocycles. The van der Waals surface area contributed by atoms with Crippen molar-refractivity contribution in [2.75, 3.05) is 6.54 Å². The first kappa shape index (κ1) is 16.9. The smallest absolute Gasteiger partial charge is 0.311 e. The van der Waals surface area contributed by atoms with Crippen LogP contribution in [0.25, 0.3) is 0 Å². The number of nitrogens with one attached hydrogen (secondary N) is 1. The molecule has 1 aromatic rings. The van der Waals surface area contributed by atoms with Crippen molar-refractivity contribution in [3.8, 4) is 5.75 Å². The molecule has 1 unspecified atom stereocenters. The second kappa shape index (κ2) is 7.58. The highest BCUT2D eigenvalue weighted by atomic mass is 16.6. The summed E-state index contributed by atoms with van der Waals surface area (Å²) < 4.78 is 5.37. The zero-order valence-electron chi connectivity index (χ0n) is 12.3. The maximum Gasteiger partial charge on any atom is 0.311 e. The van der Waals surface area contributed by atoms with Gasteiger partial charge >= 0.3 is 5.69 Å². The lowest BCUT2D eigenvalue weighted by molar-refractivity contribution is -0.386. The minimum Gasteiger partial charge on any atom is -0.474 e. The fourth-order valence-electron chi connectivity index (χ4n) is 1.60. The van der Waals surface area contributed by atoms with E-state index in [0.29, 0.717) is 18.0 Å². The first-order chi connectivity index (χ1) is 9.85. The molecule has 116 valence electrons. The van der Waals surface area contributed by atoms with Crippen LogP contribution >= 0.6 is 0 Å². The summed E-state index contributed by atoms with van der Waals surface area (Å²) in [5.41, 5.74) is 0.135. The molecule has 0 aliphatic carbocycles. The van der Waals surface area contributed by atoms with E-state index in [0.717, 1.165) is 0 Å². The van der Waals surface area contributed by atoms with Crippen molar-refractivity contribution in [3.63, 3.8) is 0 Å². The number of hydrogen-bond acceptors (Lipinski definition) is 5. The molecule has 0 fully saturated rings. The molecule has 0 saturated carbocycles. The fraction of sp³-hybridized carbons (Fsp3) is 0.500. The Labute approximate surface area is 123 Å². The number of benzene rings is 1. The number of ether oxygens (including phenoxy) is 1.